The van der Waals surface area contributed by atoms with Crippen molar-refractivity contribution < 1.29 is 10.2 Å². The molecule has 90 valence electrons. The van der Waals surface area contributed by atoms with E-state index in [1.807, 2.05) is 13.0 Å². The van der Waals surface area contributed by atoms with Crippen LogP contribution in [0.3, 0.4) is 0 Å². The van der Waals surface area contributed by atoms with Crippen molar-refractivity contribution in [2.75, 3.05) is 0 Å². The molecule has 0 amide bonds. The molecule has 0 fully saturated rings. The highest BCUT2D eigenvalue weighted by molar-refractivity contribution is 5.54. The number of benzene rings is 1. The first-order chi connectivity index (χ1) is 7.65. The molecule has 2 N–H and O–H groups in total. The van der Waals surface area contributed by atoms with E-state index in [2.05, 4.69) is 13.8 Å². The lowest BCUT2D eigenvalue weighted by molar-refractivity contribution is 0.394. The van der Waals surface area contributed by atoms with E-state index in [9.17, 15) is 10.2 Å². The minimum atomic E-state index is 0.0748. The van der Waals surface area contributed by atoms with Crippen LogP contribution in [0.25, 0.3) is 0 Å². The number of aromatic hydroxyl groups is 2. The van der Waals surface area contributed by atoms with Gasteiger partial charge in [-0.05, 0) is 36.8 Å². The zero-order valence-corrected chi connectivity index (χ0v) is 10.5. The van der Waals surface area contributed by atoms with Gasteiger partial charge in [0.25, 0.3) is 0 Å². The summed E-state index contributed by atoms with van der Waals surface area (Å²) in [7, 11) is 0. The molecular formula is C14H22O2. The van der Waals surface area contributed by atoms with Gasteiger partial charge in [-0.1, -0.05) is 33.3 Å². The Morgan fingerprint density at radius 2 is 1.56 bits per heavy atom. The predicted molar refractivity (Wildman–Crippen MR) is 67.1 cm³/mol. The van der Waals surface area contributed by atoms with Crippen molar-refractivity contribution in [2.45, 2.75) is 52.9 Å². The molecule has 0 atom stereocenters. The van der Waals surface area contributed by atoms with E-state index in [1.54, 1.807) is 0 Å². The number of hydrogen-bond acceptors (Lipinski definition) is 2. The summed E-state index contributed by atoms with van der Waals surface area (Å²) < 4.78 is 0. The summed E-state index contributed by atoms with van der Waals surface area (Å²) in [6.07, 6.45) is 4.65. The summed E-state index contributed by atoms with van der Waals surface area (Å²) in [5, 5.41) is 19.8. The van der Waals surface area contributed by atoms with Crippen molar-refractivity contribution in [3.05, 3.63) is 22.8 Å². The molecule has 0 saturated heterocycles. The predicted octanol–water partition coefficient (Wildman–Crippen LogP) is 3.57. The average Bonchev–Trinajstić information content (AvgIpc) is 2.31. The van der Waals surface area contributed by atoms with Gasteiger partial charge >= 0.3 is 0 Å². The molecule has 0 aliphatic heterocycles. The van der Waals surface area contributed by atoms with Crippen LogP contribution in [0, 0.1) is 0 Å². The Kier molecular flexibility index (Phi) is 4.66. The second-order valence-corrected chi connectivity index (χ2v) is 4.18. The molecule has 0 aliphatic carbocycles. The highest BCUT2D eigenvalue weighted by Crippen LogP contribution is 2.36. The molecule has 1 aromatic carbocycles. The molecular weight excluding hydrogens is 200 g/mol. The molecule has 0 aromatic heterocycles. The van der Waals surface area contributed by atoms with E-state index in [0.717, 1.165) is 43.2 Å². The monoisotopic (exact) mass is 222 g/mol. The zero-order chi connectivity index (χ0) is 12.1. The molecule has 0 radical (unpaired) electrons. The Morgan fingerprint density at radius 3 is 2.06 bits per heavy atom. The number of rotatable bonds is 5. The Balaban J connectivity index is 3.18. The summed E-state index contributed by atoms with van der Waals surface area (Å²) in [6, 6.07) is 2.03. The third-order valence-electron chi connectivity index (χ3n) is 3.09. The van der Waals surface area contributed by atoms with E-state index >= 15 is 0 Å². The van der Waals surface area contributed by atoms with Gasteiger partial charge in [-0.25, -0.2) is 0 Å². The van der Waals surface area contributed by atoms with Crippen LogP contribution in [0.2, 0.25) is 0 Å². The quantitative estimate of drug-likeness (QED) is 0.748. The summed E-state index contributed by atoms with van der Waals surface area (Å²) in [6.45, 7) is 6.20. The molecule has 2 heteroatoms. The van der Waals surface area contributed by atoms with Gasteiger partial charge in [0.2, 0.25) is 0 Å². The van der Waals surface area contributed by atoms with Gasteiger partial charge in [0.1, 0.15) is 0 Å². The van der Waals surface area contributed by atoms with Crippen LogP contribution in [0.1, 0.15) is 50.3 Å². The van der Waals surface area contributed by atoms with Crippen LogP contribution in [-0.2, 0) is 19.3 Å². The molecule has 0 aliphatic rings. The van der Waals surface area contributed by atoms with Gasteiger partial charge in [0.05, 0.1) is 0 Å². The molecule has 0 unspecified atom stereocenters. The summed E-state index contributed by atoms with van der Waals surface area (Å²) >= 11 is 0. The molecule has 0 heterocycles. The van der Waals surface area contributed by atoms with Crippen LogP contribution < -0.4 is 0 Å². The van der Waals surface area contributed by atoms with Crippen molar-refractivity contribution in [3.63, 3.8) is 0 Å². The van der Waals surface area contributed by atoms with Crippen molar-refractivity contribution in [2.24, 2.45) is 0 Å². The molecule has 1 rings (SSSR count). The summed E-state index contributed by atoms with van der Waals surface area (Å²) in [4.78, 5) is 0. The number of hydrogen-bond donors (Lipinski definition) is 2. The number of unbranched alkanes of at least 4 members (excludes halogenated alkanes) is 1. The third-order valence-corrected chi connectivity index (χ3v) is 3.09. The van der Waals surface area contributed by atoms with Crippen LogP contribution in [-0.4, -0.2) is 10.2 Å². The normalized spacial score (nSPS) is 10.7. The fraction of sp³-hybridized carbons (Fsp3) is 0.571. The van der Waals surface area contributed by atoms with Crippen molar-refractivity contribution in [3.8, 4) is 11.5 Å². The fourth-order valence-electron chi connectivity index (χ4n) is 2.03. The van der Waals surface area contributed by atoms with Gasteiger partial charge in [0, 0.05) is 5.56 Å². The molecule has 16 heavy (non-hydrogen) atoms. The largest absolute Gasteiger partial charge is 0.504 e. The second kappa shape index (κ2) is 5.78. The lowest BCUT2D eigenvalue weighted by Gasteiger charge is -2.14. The first-order valence-corrected chi connectivity index (χ1v) is 6.21. The Labute approximate surface area is 97.9 Å². The lowest BCUT2D eigenvalue weighted by atomic mass is 9.95. The summed E-state index contributed by atoms with van der Waals surface area (Å²) in [5.74, 6) is 0.176. The maximum Gasteiger partial charge on any atom is 0.161 e. The van der Waals surface area contributed by atoms with Crippen LogP contribution in [0.5, 0.6) is 11.5 Å². The minimum absolute atomic E-state index is 0.0748. The molecule has 0 spiro atoms. The van der Waals surface area contributed by atoms with Crippen molar-refractivity contribution in [1.29, 1.82) is 0 Å². The van der Waals surface area contributed by atoms with Gasteiger partial charge in [-0.2, -0.15) is 0 Å². The second-order valence-electron chi connectivity index (χ2n) is 4.18. The Morgan fingerprint density at radius 1 is 0.938 bits per heavy atom. The van der Waals surface area contributed by atoms with Crippen LogP contribution in [0.4, 0.5) is 0 Å². The van der Waals surface area contributed by atoms with E-state index in [-0.39, 0.29) is 11.5 Å². The first kappa shape index (κ1) is 12.9. The zero-order valence-electron chi connectivity index (χ0n) is 10.5. The van der Waals surface area contributed by atoms with E-state index in [0.29, 0.717) is 0 Å². The van der Waals surface area contributed by atoms with Gasteiger partial charge < -0.3 is 10.2 Å². The SMILES string of the molecule is CCCCc1c(CC)cc(CC)c(O)c1O. The van der Waals surface area contributed by atoms with Crippen LogP contribution >= 0.6 is 0 Å². The van der Waals surface area contributed by atoms with E-state index < -0.39 is 0 Å². The topological polar surface area (TPSA) is 40.5 Å². The minimum Gasteiger partial charge on any atom is -0.504 e. The Bertz CT molecular complexity index is 356. The average molecular weight is 222 g/mol. The van der Waals surface area contributed by atoms with Crippen LogP contribution in [0.15, 0.2) is 6.07 Å². The van der Waals surface area contributed by atoms with Gasteiger partial charge in [-0.3, -0.25) is 0 Å². The first-order valence-electron chi connectivity index (χ1n) is 6.21. The molecule has 1 aromatic rings. The highest BCUT2D eigenvalue weighted by Gasteiger charge is 2.14. The fourth-order valence-corrected chi connectivity index (χ4v) is 2.03. The number of phenolic OH excluding ortho intramolecular Hbond substituents is 2. The molecule has 0 bridgehead atoms. The van der Waals surface area contributed by atoms with Crippen molar-refractivity contribution in [1.82, 2.24) is 0 Å². The van der Waals surface area contributed by atoms with E-state index in [4.69, 9.17) is 0 Å². The summed E-state index contributed by atoms with van der Waals surface area (Å²) in [5.41, 5.74) is 2.94. The maximum atomic E-state index is 10.00. The highest BCUT2D eigenvalue weighted by atomic mass is 16.3. The van der Waals surface area contributed by atoms with Gasteiger partial charge in [0.15, 0.2) is 11.5 Å². The third kappa shape index (κ3) is 2.49. The molecule has 2 nitrogen and oxygen atoms in total. The smallest absolute Gasteiger partial charge is 0.161 e. The standard InChI is InChI=1S/C14H22O2/c1-4-7-8-12-10(5-2)9-11(6-3)13(15)14(12)16/h9,15-16H,4-8H2,1-3H3. The Hall–Kier alpha value is -1.18. The lowest BCUT2D eigenvalue weighted by Crippen LogP contribution is -1.97. The molecule has 0 saturated carbocycles. The maximum absolute atomic E-state index is 10.00. The van der Waals surface area contributed by atoms with Gasteiger partial charge in [-0.15, -0.1) is 0 Å². The number of phenols is 2. The van der Waals surface area contributed by atoms with E-state index in [1.165, 1.54) is 5.56 Å². The number of aryl methyl sites for hydroxylation is 2. The van der Waals surface area contributed by atoms with Crippen molar-refractivity contribution >= 4 is 0 Å².